The summed E-state index contributed by atoms with van der Waals surface area (Å²) in [4.78, 5) is 30.9. The number of aromatic nitrogens is 4. The van der Waals surface area contributed by atoms with Gasteiger partial charge in [-0.15, -0.1) is 0 Å². The lowest BCUT2D eigenvalue weighted by molar-refractivity contribution is 0.107. The fourth-order valence-electron chi connectivity index (χ4n) is 4.38. The van der Waals surface area contributed by atoms with Crippen LogP contribution in [0.5, 0.6) is 0 Å². The summed E-state index contributed by atoms with van der Waals surface area (Å²) in [7, 11) is 0. The van der Waals surface area contributed by atoms with Crippen molar-refractivity contribution in [3.05, 3.63) is 63.2 Å². The summed E-state index contributed by atoms with van der Waals surface area (Å²) >= 11 is 0. The van der Waals surface area contributed by atoms with Crippen molar-refractivity contribution in [2.24, 2.45) is 5.92 Å². The summed E-state index contributed by atoms with van der Waals surface area (Å²) in [5.41, 5.74) is 1.79. The highest BCUT2D eigenvalue weighted by Crippen LogP contribution is 2.18. The third-order valence-corrected chi connectivity index (χ3v) is 6.06. The summed E-state index contributed by atoms with van der Waals surface area (Å²) in [6.07, 6.45) is 6.23. The number of hydrogen-bond donors (Lipinski definition) is 1. The van der Waals surface area contributed by atoms with Crippen LogP contribution in [0.2, 0.25) is 0 Å². The van der Waals surface area contributed by atoms with Gasteiger partial charge in [0.1, 0.15) is 0 Å². The molecule has 9 heteroatoms. The molecule has 0 aromatic carbocycles. The molecule has 2 aliphatic rings. The topological polar surface area (TPSA) is 87.9 Å². The van der Waals surface area contributed by atoms with E-state index in [9.17, 15) is 9.59 Å². The minimum atomic E-state index is -0.466. The van der Waals surface area contributed by atoms with Crippen molar-refractivity contribution in [2.45, 2.75) is 13.0 Å². The minimum Gasteiger partial charge on any atom is -0.381 e. The third kappa shape index (κ3) is 3.96. The number of H-pyrrole nitrogens is 1. The van der Waals surface area contributed by atoms with Gasteiger partial charge in [-0.25, -0.2) is 9.31 Å². The van der Waals surface area contributed by atoms with Crippen molar-refractivity contribution < 1.29 is 4.74 Å². The first kappa shape index (κ1) is 19.2. The predicted octanol–water partition coefficient (Wildman–Crippen LogP) is 0.328. The zero-order valence-electron chi connectivity index (χ0n) is 16.9. The van der Waals surface area contributed by atoms with Crippen LogP contribution >= 0.6 is 0 Å². The SMILES string of the molecule is O=c1ccn(-c2cnn3ccc(CN4CCN(CC5CCOC5)CC4)cc23)c(=O)[nH]1. The standard InChI is InChI=1S/C21H26N6O3/c28-20-2-4-26(21(29)23-20)19-12-22-27-5-1-16(11-18(19)27)13-24-6-8-25(9-7-24)14-17-3-10-30-15-17/h1-2,4-5,11-12,17H,3,6-10,13-15H2,(H,23,28,29). The maximum Gasteiger partial charge on any atom is 0.333 e. The molecular formula is C21H26N6O3. The maximum absolute atomic E-state index is 12.2. The number of nitrogens with one attached hydrogen (secondary N) is 1. The van der Waals surface area contributed by atoms with E-state index < -0.39 is 11.2 Å². The Balaban J connectivity index is 1.29. The lowest BCUT2D eigenvalue weighted by Crippen LogP contribution is -2.47. The average molecular weight is 410 g/mol. The van der Waals surface area contributed by atoms with Crippen LogP contribution in [0.15, 0.2) is 46.4 Å². The fraction of sp³-hybridized carbons (Fsp3) is 0.476. The van der Waals surface area contributed by atoms with Crippen molar-refractivity contribution in [3.63, 3.8) is 0 Å². The molecule has 0 radical (unpaired) electrons. The molecular weight excluding hydrogens is 384 g/mol. The second kappa shape index (κ2) is 8.17. The molecule has 2 aliphatic heterocycles. The Labute approximate surface area is 173 Å². The zero-order chi connectivity index (χ0) is 20.5. The van der Waals surface area contributed by atoms with Crippen LogP contribution in [0.1, 0.15) is 12.0 Å². The molecule has 5 rings (SSSR count). The number of hydrogen-bond acceptors (Lipinski definition) is 6. The Kier molecular flexibility index (Phi) is 5.24. The Hall–Kier alpha value is -2.75. The van der Waals surface area contributed by atoms with Crippen LogP contribution < -0.4 is 11.2 Å². The Morgan fingerprint density at radius 2 is 1.93 bits per heavy atom. The van der Waals surface area contributed by atoms with Gasteiger partial charge in [0.15, 0.2) is 0 Å². The van der Waals surface area contributed by atoms with Crippen LogP contribution in [-0.2, 0) is 11.3 Å². The van der Waals surface area contributed by atoms with Gasteiger partial charge < -0.3 is 9.64 Å². The first-order valence-electron chi connectivity index (χ1n) is 10.5. The van der Waals surface area contributed by atoms with Gasteiger partial charge in [0.05, 0.1) is 24.0 Å². The molecule has 1 N–H and O–H groups in total. The van der Waals surface area contributed by atoms with Crippen molar-refractivity contribution in [2.75, 3.05) is 45.9 Å². The van der Waals surface area contributed by atoms with E-state index in [0.717, 1.165) is 58.0 Å². The fourth-order valence-corrected chi connectivity index (χ4v) is 4.38. The third-order valence-electron chi connectivity index (χ3n) is 6.06. The lowest BCUT2D eigenvalue weighted by Gasteiger charge is -2.35. The Morgan fingerprint density at radius 1 is 1.10 bits per heavy atom. The maximum atomic E-state index is 12.2. The van der Waals surface area contributed by atoms with Gasteiger partial charge in [0, 0.05) is 64.3 Å². The summed E-state index contributed by atoms with van der Waals surface area (Å²) in [5, 5.41) is 4.34. The molecule has 0 saturated carbocycles. The molecule has 1 unspecified atom stereocenters. The number of piperazine rings is 1. The molecule has 9 nitrogen and oxygen atoms in total. The average Bonchev–Trinajstić information content (AvgIpc) is 3.39. The zero-order valence-corrected chi connectivity index (χ0v) is 16.9. The number of rotatable bonds is 5. The summed E-state index contributed by atoms with van der Waals surface area (Å²) < 4.78 is 8.66. The number of aromatic amines is 1. The molecule has 158 valence electrons. The van der Waals surface area contributed by atoms with Crippen LogP contribution in [0, 0.1) is 5.92 Å². The van der Waals surface area contributed by atoms with Crippen molar-refractivity contribution in [3.8, 4) is 5.69 Å². The van der Waals surface area contributed by atoms with Gasteiger partial charge in [-0.1, -0.05) is 0 Å². The van der Waals surface area contributed by atoms with E-state index in [-0.39, 0.29) is 0 Å². The summed E-state index contributed by atoms with van der Waals surface area (Å²) in [6.45, 7) is 8.09. The second-order valence-corrected chi connectivity index (χ2v) is 8.18. The first-order chi connectivity index (χ1) is 14.7. The van der Waals surface area contributed by atoms with Crippen molar-refractivity contribution in [1.82, 2.24) is 29.0 Å². The van der Waals surface area contributed by atoms with Crippen LogP contribution in [0.3, 0.4) is 0 Å². The van der Waals surface area contributed by atoms with E-state index in [2.05, 4.69) is 32.0 Å². The summed E-state index contributed by atoms with van der Waals surface area (Å²) in [5.74, 6) is 0.690. The summed E-state index contributed by atoms with van der Waals surface area (Å²) in [6, 6.07) is 5.48. The highest BCUT2D eigenvalue weighted by Gasteiger charge is 2.23. The molecule has 2 saturated heterocycles. The molecule has 1 atom stereocenters. The molecule has 3 aromatic heterocycles. The predicted molar refractivity (Wildman–Crippen MR) is 112 cm³/mol. The van der Waals surface area contributed by atoms with Crippen molar-refractivity contribution in [1.29, 1.82) is 0 Å². The Bertz CT molecular complexity index is 1140. The molecule has 0 aliphatic carbocycles. The van der Waals surface area contributed by atoms with E-state index in [1.54, 1.807) is 10.7 Å². The lowest BCUT2D eigenvalue weighted by atomic mass is 10.1. The minimum absolute atomic E-state index is 0.409. The molecule has 0 spiro atoms. The van der Waals surface area contributed by atoms with Crippen LogP contribution in [0.25, 0.3) is 11.2 Å². The van der Waals surface area contributed by atoms with Gasteiger partial charge in [0.25, 0.3) is 5.56 Å². The Morgan fingerprint density at radius 3 is 2.70 bits per heavy atom. The molecule has 0 bridgehead atoms. The number of nitrogens with zero attached hydrogens (tertiary/aromatic N) is 5. The van der Waals surface area contributed by atoms with Gasteiger partial charge in [-0.2, -0.15) is 5.10 Å². The van der Waals surface area contributed by atoms with E-state index in [1.165, 1.54) is 28.8 Å². The van der Waals surface area contributed by atoms with E-state index in [0.29, 0.717) is 11.6 Å². The number of ether oxygens (including phenoxy) is 1. The van der Waals surface area contributed by atoms with Crippen molar-refractivity contribution >= 4 is 5.52 Å². The highest BCUT2D eigenvalue weighted by molar-refractivity contribution is 5.64. The van der Waals surface area contributed by atoms with Gasteiger partial charge in [-0.05, 0) is 30.0 Å². The molecule has 0 amide bonds. The normalized spacial score (nSPS) is 20.9. The van der Waals surface area contributed by atoms with E-state index in [4.69, 9.17) is 4.74 Å². The largest absolute Gasteiger partial charge is 0.381 e. The van der Waals surface area contributed by atoms with Crippen LogP contribution in [0.4, 0.5) is 0 Å². The first-order valence-corrected chi connectivity index (χ1v) is 10.5. The smallest absolute Gasteiger partial charge is 0.333 e. The monoisotopic (exact) mass is 410 g/mol. The molecule has 2 fully saturated rings. The quantitative estimate of drug-likeness (QED) is 0.652. The van der Waals surface area contributed by atoms with E-state index in [1.807, 2.05) is 6.20 Å². The molecule has 5 heterocycles. The van der Waals surface area contributed by atoms with Gasteiger partial charge in [-0.3, -0.25) is 19.2 Å². The number of fused-ring (bicyclic) bond motifs is 1. The van der Waals surface area contributed by atoms with Crippen LogP contribution in [-0.4, -0.2) is 74.9 Å². The molecule has 30 heavy (non-hydrogen) atoms. The highest BCUT2D eigenvalue weighted by atomic mass is 16.5. The second-order valence-electron chi connectivity index (χ2n) is 8.18. The molecule has 3 aromatic rings. The van der Waals surface area contributed by atoms with Gasteiger partial charge in [0.2, 0.25) is 0 Å². The van der Waals surface area contributed by atoms with Gasteiger partial charge >= 0.3 is 5.69 Å². The van der Waals surface area contributed by atoms with E-state index >= 15 is 0 Å². The number of pyridine rings is 1.